The summed E-state index contributed by atoms with van der Waals surface area (Å²) in [5.41, 5.74) is 1.81. The van der Waals surface area contributed by atoms with Gasteiger partial charge in [-0.2, -0.15) is 0 Å². The van der Waals surface area contributed by atoms with Gasteiger partial charge < -0.3 is 4.52 Å². The van der Waals surface area contributed by atoms with Gasteiger partial charge in [0.15, 0.2) is 5.76 Å². The summed E-state index contributed by atoms with van der Waals surface area (Å²) in [5.74, 6) is -1.59. The van der Waals surface area contributed by atoms with Crippen molar-refractivity contribution in [3.8, 4) is 0 Å². The number of sulfonamides is 1. The maximum Gasteiger partial charge on any atom is 0.269 e. The SMILES string of the molecule is Cc1noc(C)c1S(=O)(=O)NNC(=O)c1ccccc1F. The Hall–Kier alpha value is -2.26. The first-order chi connectivity index (χ1) is 9.83. The van der Waals surface area contributed by atoms with E-state index >= 15 is 0 Å². The molecule has 1 aromatic carbocycles. The van der Waals surface area contributed by atoms with Gasteiger partial charge in [-0.15, -0.1) is 4.83 Å². The zero-order chi connectivity index (χ0) is 15.6. The first-order valence-electron chi connectivity index (χ1n) is 5.82. The lowest BCUT2D eigenvalue weighted by Crippen LogP contribution is -2.42. The van der Waals surface area contributed by atoms with Crippen molar-refractivity contribution in [3.63, 3.8) is 0 Å². The second-order valence-corrected chi connectivity index (χ2v) is 5.81. The van der Waals surface area contributed by atoms with Crippen molar-refractivity contribution in [1.82, 2.24) is 15.4 Å². The van der Waals surface area contributed by atoms with Crippen molar-refractivity contribution >= 4 is 15.9 Å². The Morgan fingerprint density at radius 3 is 2.52 bits per heavy atom. The van der Waals surface area contributed by atoms with Crippen molar-refractivity contribution in [3.05, 3.63) is 47.1 Å². The van der Waals surface area contributed by atoms with Gasteiger partial charge in [0.2, 0.25) is 0 Å². The number of nitrogens with zero attached hydrogens (tertiary/aromatic N) is 1. The molecule has 7 nitrogen and oxygen atoms in total. The van der Waals surface area contributed by atoms with Gasteiger partial charge in [-0.05, 0) is 26.0 Å². The number of benzene rings is 1. The summed E-state index contributed by atoms with van der Waals surface area (Å²) in [4.78, 5) is 13.4. The zero-order valence-electron chi connectivity index (χ0n) is 11.2. The lowest BCUT2D eigenvalue weighted by molar-refractivity contribution is 0.0941. The van der Waals surface area contributed by atoms with E-state index in [1.54, 1.807) is 0 Å². The third-order valence-corrected chi connectivity index (χ3v) is 4.15. The fourth-order valence-corrected chi connectivity index (χ4v) is 2.91. The number of hydrogen-bond donors (Lipinski definition) is 2. The van der Waals surface area contributed by atoms with E-state index in [-0.39, 0.29) is 21.9 Å². The van der Waals surface area contributed by atoms with Crippen molar-refractivity contribution < 1.29 is 22.1 Å². The van der Waals surface area contributed by atoms with Crippen LogP contribution in [0, 0.1) is 19.7 Å². The number of aromatic nitrogens is 1. The average molecular weight is 313 g/mol. The van der Waals surface area contributed by atoms with Crippen LogP contribution in [0.1, 0.15) is 21.8 Å². The van der Waals surface area contributed by atoms with Gasteiger partial charge in [-0.1, -0.05) is 17.3 Å². The Kier molecular flexibility index (Phi) is 4.05. The van der Waals surface area contributed by atoms with E-state index in [1.807, 2.05) is 10.3 Å². The molecule has 0 spiro atoms. The molecule has 0 radical (unpaired) electrons. The summed E-state index contributed by atoms with van der Waals surface area (Å²) in [7, 11) is -4.05. The first-order valence-corrected chi connectivity index (χ1v) is 7.31. The minimum absolute atomic E-state index is 0.0835. The maximum absolute atomic E-state index is 13.4. The number of carbonyl (C=O) groups excluding carboxylic acids is 1. The molecule has 1 aromatic heterocycles. The van der Waals surface area contributed by atoms with Gasteiger partial charge >= 0.3 is 0 Å². The van der Waals surface area contributed by atoms with Crippen LogP contribution >= 0.6 is 0 Å². The molecule has 0 aliphatic rings. The highest BCUT2D eigenvalue weighted by atomic mass is 32.2. The van der Waals surface area contributed by atoms with E-state index in [2.05, 4.69) is 5.16 Å². The molecule has 0 aliphatic heterocycles. The Bertz CT molecular complexity index is 766. The summed E-state index contributed by atoms with van der Waals surface area (Å²) in [6.07, 6.45) is 0. The predicted molar refractivity (Wildman–Crippen MR) is 70.2 cm³/mol. The van der Waals surface area contributed by atoms with Gasteiger partial charge in [0, 0.05) is 0 Å². The number of hydrogen-bond acceptors (Lipinski definition) is 5. The second kappa shape index (κ2) is 5.62. The molecule has 0 fully saturated rings. The fourth-order valence-electron chi connectivity index (χ4n) is 1.74. The highest BCUT2D eigenvalue weighted by molar-refractivity contribution is 7.89. The molecule has 0 aliphatic carbocycles. The first kappa shape index (κ1) is 15.1. The third-order valence-electron chi connectivity index (χ3n) is 2.65. The molecule has 1 amide bonds. The molecule has 2 rings (SSSR count). The number of amides is 1. The summed E-state index contributed by atoms with van der Waals surface area (Å²) < 4.78 is 42.2. The molecule has 2 N–H and O–H groups in total. The molecule has 0 saturated heterocycles. The minimum Gasteiger partial charge on any atom is -0.360 e. The molecule has 0 saturated carbocycles. The summed E-state index contributed by atoms with van der Waals surface area (Å²) >= 11 is 0. The summed E-state index contributed by atoms with van der Waals surface area (Å²) in [6.45, 7) is 2.87. The number of nitrogens with one attached hydrogen (secondary N) is 2. The topological polar surface area (TPSA) is 101 Å². The number of hydrazine groups is 1. The smallest absolute Gasteiger partial charge is 0.269 e. The minimum atomic E-state index is -4.05. The van der Waals surface area contributed by atoms with E-state index in [9.17, 15) is 17.6 Å². The molecular weight excluding hydrogens is 301 g/mol. The molecule has 9 heteroatoms. The molecule has 2 aromatic rings. The fraction of sp³-hybridized carbons (Fsp3) is 0.167. The molecular formula is C12H12FN3O4S. The molecule has 1 heterocycles. The molecule has 21 heavy (non-hydrogen) atoms. The highest BCUT2D eigenvalue weighted by Crippen LogP contribution is 2.18. The Morgan fingerprint density at radius 2 is 1.95 bits per heavy atom. The number of aryl methyl sites for hydroxylation is 2. The Morgan fingerprint density at radius 1 is 1.29 bits per heavy atom. The predicted octanol–water partition coefficient (Wildman–Crippen LogP) is 1.05. The van der Waals surface area contributed by atoms with E-state index < -0.39 is 21.7 Å². The summed E-state index contributed by atoms with van der Waals surface area (Å²) in [6, 6.07) is 5.20. The standard InChI is InChI=1S/C12H12FN3O4S/c1-7-11(8(2)20-15-7)21(18,19)16-14-12(17)9-5-3-4-6-10(9)13/h3-6,16H,1-2H3,(H,14,17). The average Bonchev–Trinajstić information content (AvgIpc) is 2.77. The van der Waals surface area contributed by atoms with Crippen LogP contribution in [0.3, 0.4) is 0 Å². The second-order valence-electron chi connectivity index (χ2n) is 4.19. The van der Waals surface area contributed by atoms with Gasteiger partial charge in [0.05, 0.1) is 5.56 Å². The van der Waals surface area contributed by atoms with Crippen LogP contribution in [0.4, 0.5) is 4.39 Å². The van der Waals surface area contributed by atoms with Crippen LogP contribution in [0.15, 0.2) is 33.7 Å². The van der Waals surface area contributed by atoms with Crippen LogP contribution in [0.25, 0.3) is 0 Å². The van der Waals surface area contributed by atoms with Gasteiger partial charge in [0.25, 0.3) is 15.9 Å². The van der Waals surface area contributed by atoms with E-state index in [4.69, 9.17) is 4.52 Å². The van der Waals surface area contributed by atoms with Gasteiger partial charge in [-0.3, -0.25) is 10.2 Å². The largest absolute Gasteiger partial charge is 0.360 e. The Balaban J connectivity index is 2.17. The van der Waals surface area contributed by atoms with Crippen LogP contribution in [-0.2, 0) is 10.0 Å². The van der Waals surface area contributed by atoms with Crippen LogP contribution in [0.2, 0.25) is 0 Å². The number of halogens is 1. The highest BCUT2D eigenvalue weighted by Gasteiger charge is 2.25. The molecule has 0 bridgehead atoms. The van der Waals surface area contributed by atoms with Gasteiger partial charge in [-0.25, -0.2) is 12.8 Å². The number of carbonyl (C=O) groups is 1. The molecule has 112 valence electrons. The monoisotopic (exact) mass is 313 g/mol. The van der Waals surface area contributed by atoms with Crippen LogP contribution in [0.5, 0.6) is 0 Å². The van der Waals surface area contributed by atoms with Crippen LogP contribution < -0.4 is 10.3 Å². The van der Waals surface area contributed by atoms with E-state index in [0.29, 0.717) is 0 Å². The maximum atomic E-state index is 13.4. The van der Waals surface area contributed by atoms with Gasteiger partial charge in [0.1, 0.15) is 16.4 Å². The molecule has 0 atom stereocenters. The van der Waals surface area contributed by atoms with E-state index in [1.165, 1.54) is 32.0 Å². The van der Waals surface area contributed by atoms with E-state index in [0.717, 1.165) is 6.07 Å². The van der Waals surface area contributed by atoms with Crippen LogP contribution in [-0.4, -0.2) is 19.5 Å². The summed E-state index contributed by atoms with van der Waals surface area (Å²) in [5, 5.41) is 3.51. The van der Waals surface area contributed by atoms with Crippen molar-refractivity contribution in [2.24, 2.45) is 0 Å². The zero-order valence-corrected chi connectivity index (χ0v) is 12.0. The Labute approximate surface area is 120 Å². The quantitative estimate of drug-likeness (QED) is 0.822. The van der Waals surface area contributed by atoms with Crippen molar-refractivity contribution in [2.75, 3.05) is 0 Å². The van der Waals surface area contributed by atoms with Crippen molar-refractivity contribution in [2.45, 2.75) is 18.7 Å². The molecule has 0 unspecified atom stereocenters. The number of rotatable bonds is 4. The van der Waals surface area contributed by atoms with Crippen molar-refractivity contribution in [1.29, 1.82) is 0 Å². The lowest BCUT2D eigenvalue weighted by atomic mass is 10.2. The lowest BCUT2D eigenvalue weighted by Gasteiger charge is -2.08. The normalized spacial score (nSPS) is 11.4. The third kappa shape index (κ3) is 3.09.